The smallest absolute Gasteiger partial charge is 0.169 e. The van der Waals surface area contributed by atoms with E-state index in [1.54, 1.807) is 13.1 Å². The fourth-order valence-electron chi connectivity index (χ4n) is 5.61. The van der Waals surface area contributed by atoms with Crippen molar-refractivity contribution in [2.45, 2.75) is 38.7 Å². The van der Waals surface area contributed by atoms with Crippen molar-refractivity contribution in [2.24, 2.45) is 4.99 Å². The Bertz CT molecular complexity index is 1780. The van der Waals surface area contributed by atoms with Gasteiger partial charge in [0.1, 0.15) is 11.9 Å². The summed E-state index contributed by atoms with van der Waals surface area (Å²) in [5, 5.41) is 4.44. The van der Waals surface area contributed by atoms with Gasteiger partial charge in [-0.05, 0) is 81.6 Å². The van der Waals surface area contributed by atoms with E-state index in [-0.39, 0.29) is 11.9 Å². The highest BCUT2D eigenvalue weighted by Gasteiger charge is 2.21. The first kappa shape index (κ1) is 25.7. The number of Topliss-reactive ketones (excluding diaryl/α,β-unsaturated/α-hetero) is 1. The number of fused-ring (bicyclic) bond motifs is 2. The number of aromatic amines is 1. The van der Waals surface area contributed by atoms with Crippen molar-refractivity contribution in [3.8, 4) is 27.4 Å². The van der Waals surface area contributed by atoms with Crippen LogP contribution in [-0.4, -0.2) is 57.2 Å². The van der Waals surface area contributed by atoms with Gasteiger partial charge >= 0.3 is 0 Å². The highest BCUT2D eigenvalue weighted by atomic mass is 32.1. The van der Waals surface area contributed by atoms with E-state index < -0.39 is 0 Å². The van der Waals surface area contributed by atoms with E-state index in [1.165, 1.54) is 16.9 Å². The zero-order valence-corrected chi connectivity index (χ0v) is 23.6. The Balaban J connectivity index is 1.25. The fourth-order valence-corrected chi connectivity index (χ4v) is 6.54. The fraction of sp³-hybridized carbons (Fsp3) is 0.281. The minimum absolute atomic E-state index is 0.0727. The van der Waals surface area contributed by atoms with Crippen molar-refractivity contribution in [3.05, 3.63) is 83.0 Å². The lowest BCUT2D eigenvalue weighted by Gasteiger charge is -2.23. The number of aromatic nitrogens is 4. The summed E-state index contributed by atoms with van der Waals surface area (Å²) >= 11 is 1.50. The third kappa shape index (κ3) is 5.18. The Morgan fingerprint density at radius 2 is 1.88 bits per heavy atom. The summed E-state index contributed by atoms with van der Waals surface area (Å²) < 4.78 is 6.25. The van der Waals surface area contributed by atoms with E-state index in [4.69, 9.17) is 14.7 Å². The second-order valence-corrected chi connectivity index (χ2v) is 11.7. The van der Waals surface area contributed by atoms with E-state index >= 15 is 0 Å². The topological polar surface area (TPSA) is 105 Å². The first-order valence-corrected chi connectivity index (χ1v) is 14.9. The van der Waals surface area contributed by atoms with E-state index in [9.17, 15) is 4.79 Å². The van der Waals surface area contributed by atoms with Crippen molar-refractivity contribution in [1.29, 1.82) is 0 Å². The molecular weight excluding hydrogens is 532 g/mol. The number of carbonyl (C=O) groups excluding carboxylic acids is 1. The van der Waals surface area contributed by atoms with Crippen LogP contribution < -0.4 is 10.1 Å². The van der Waals surface area contributed by atoms with Crippen LogP contribution in [0.4, 0.5) is 0 Å². The monoisotopic (exact) mass is 562 g/mol. The van der Waals surface area contributed by atoms with Gasteiger partial charge in [-0.3, -0.25) is 24.7 Å². The molecule has 0 aliphatic carbocycles. The van der Waals surface area contributed by atoms with Gasteiger partial charge in [0.05, 0.1) is 39.9 Å². The van der Waals surface area contributed by atoms with Gasteiger partial charge < -0.3 is 15.0 Å². The molecule has 0 aromatic carbocycles. The molecule has 0 bridgehead atoms. The lowest BCUT2D eigenvalue weighted by molar-refractivity contribution is 0.102. The number of piperidine rings is 1. The van der Waals surface area contributed by atoms with Gasteiger partial charge in [-0.25, -0.2) is 0 Å². The minimum Gasteiger partial charge on any atom is -0.489 e. The molecule has 5 aromatic rings. The van der Waals surface area contributed by atoms with Crippen molar-refractivity contribution < 1.29 is 9.53 Å². The number of ether oxygens (including phenoxy) is 1. The number of pyridine rings is 3. The summed E-state index contributed by atoms with van der Waals surface area (Å²) in [4.78, 5) is 36.1. The van der Waals surface area contributed by atoms with Crippen LogP contribution in [0.1, 0.15) is 52.7 Å². The second kappa shape index (κ2) is 11.0. The lowest BCUT2D eigenvalue weighted by Crippen LogP contribution is -2.34. The average Bonchev–Trinajstić information content (AvgIpc) is 3.61. The predicted molar refractivity (Wildman–Crippen MR) is 162 cm³/mol. The molecule has 206 valence electrons. The summed E-state index contributed by atoms with van der Waals surface area (Å²) in [6.45, 7) is 4.30. The number of thiophene rings is 1. The Kier molecular flexibility index (Phi) is 6.90. The van der Waals surface area contributed by atoms with Crippen LogP contribution in [0.5, 0.6) is 5.75 Å². The number of nitrogens with one attached hydrogen (secondary N) is 2. The van der Waals surface area contributed by atoms with Crippen molar-refractivity contribution in [3.63, 3.8) is 0 Å². The average molecular weight is 563 g/mol. The SMILES string of the molecule is CC(=O)c1ccc(-c2cncc3[nH]c(C4=NCCCc5cnc(-c6cncc(OC7CCNCC7)c6)cc54)cc23)s1. The van der Waals surface area contributed by atoms with Crippen LogP contribution in [0.3, 0.4) is 0 Å². The molecule has 7 rings (SSSR count). The van der Waals surface area contributed by atoms with Gasteiger partial charge in [0.2, 0.25) is 0 Å². The standard InChI is InChI=1S/C32H30N6O2S/c1-19(39)30-4-5-31(41-30)26-17-35-18-29-25(26)13-28(38-29)32-24-12-27(37-15-20(24)3-2-8-36-32)21-11-23(16-34-14-21)40-22-6-9-33-10-7-22/h4-5,11-18,22,33,38H,2-3,6-10H2,1H3. The van der Waals surface area contributed by atoms with Gasteiger partial charge in [0.25, 0.3) is 0 Å². The number of rotatable bonds is 6. The third-order valence-corrected chi connectivity index (χ3v) is 8.95. The van der Waals surface area contributed by atoms with Crippen LogP contribution in [0.2, 0.25) is 0 Å². The predicted octanol–water partition coefficient (Wildman–Crippen LogP) is 5.87. The van der Waals surface area contributed by atoms with E-state index in [0.717, 1.165) is 106 Å². The minimum atomic E-state index is 0.0727. The molecule has 1 fully saturated rings. The molecule has 7 heterocycles. The van der Waals surface area contributed by atoms with Crippen LogP contribution in [0, 0.1) is 0 Å². The molecule has 0 unspecified atom stereocenters. The van der Waals surface area contributed by atoms with Crippen LogP contribution in [0.25, 0.3) is 32.6 Å². The van der Waals surface area contributed by atoms with Crippen molar-refractivity contribution in [2.75, 3.05) is 19.6 Å². The van der Waals surface area contributed by atoms with Gasteiger partial charge in [0.15, 0.2) is 5.78 Å². The number of nitrogens with zero attached hydrogens (tertiary/aromatic N) is 4. The molecule has 2 aliphatic heterocycles. The van der Waals surface area contributed by atoms with E-state index in [1.807, 2.05) is 43.0 Å². The molecule has 41 heavy (non-hydrogen) atoms. The Morgan fingerprint density at radius 3 is 2.73 bits per heavy atom. The first-order chi connectivity index (χ1) is 20.1. The molecule has 2 N–H and O–H groups in total. The molecule has 2 aliphatic rings. The number of hydrogen-bond acceptors (Lipinski definition) is 8. The summed E-state index contributed by atoms with van der Waals surface area (Å²) in [5.41, 5.74) is 7.83. The van der Waals surface area contributed by atoms with Gasteiger partial charge in [0, 0.05) is 52.1 Å². The molecule has 1 saturated heterocycles. The summed E-state index contributed by atoms with van der Waals surface area (Å²) in [7, 11) is 0. The highest BCUT2D eigenvalue weighted by Crippen LogP contribution is 2.35. The van der Waals surface area contributed by atoms with Gasteiger partial charge in [-0.1, -0.05) is 0 Å². The van der Waals surface area contributed by atoms with E-state index in [2.05, 4.69) is 32.4 Å². The van der Waals surface area contributed by atoms with Crippen LogP contribution >= 0.6 is 11.3 Å². The number of ketones is 1. The number of aliphatic imine (C=N–C) groups is 1. The van der Waals surface area contributed by atoms with Gasteiger partial charge in [-0.2, -0.15) is 0 Å². The summed E-state index contributed by atoms with van der Waals surface area (Å²) in [6, 6.07) is 10.2. The molecule has 0 saturated carbocycles. The normalized spacial score (nSPS) is 15.8. The highest BCUT2D eigenvalue weighted by molar-refractivity contribution is 7.17. The molecule has 9 heteroatoms. The molecule has 0 amide bonds. The zero-order chi connectivity index (χ0) is 27.8. The van der Waals surface area contributed by atoms with Crippen LogP contribution in [-0.2, 0) is 6.42 Å². The molecule has 0 atom stereocenters. The third-order valence-electron chi connectivity index (χ3n) is 7.73. The maximum absolute atomic E-state index is 11.9. The number of H-pyrrole nitrogens is 1. The summed E-state index contributed by atoms with van der Waals surface area (Å²) in [5.74, 6) is 0.848. The zero-order valence-electron chi connectivity index (χ0n) is 22.8. The first-order valence-electron chi connectivity index (χ1n) is 14.1. The maximum atomic E-state index is 11.9. The Hall–Kier alpha value is -4.21. The number of hydrogen-bond donors (Lipinski definition) is 2. The van der Waals surface area contributed by atoms with E-state index in [0.29, 0.717) is 0 Å². The van der Waals surface area contributed by atoms with Crippen molar-refractivity contribution >= 4 is 33.7 Å². The molecule has 8 nitrogen and oxygen atoms in total. The maximum Gasteiger partial charge on any atom is 0.169 e. The van der Waals surface area contributed by atoms with Crippen LogP contribution in [0.15, 0.2) is 66.3 Å². The lowest BCUT2D eigenvalue weighted by atomic mass is 9.98. The van der Waals surface area contributed by atoms with Gasteiger partial charge in [-0.15, -0.1) is 11.3 Å². The number of aryl methyl sites for hydroxylation is 1. The molecule has 0 radical (unpaired) electrons. The molecular formula is C32H30N6O2S. The quantitative estimate of drug-likeness (QED) is 0.251. The number of carbonyl (C=O) groups is 1. The largest absolute Gasteiger partial charge is 0.489 e. The Labute approximate surface area is 242 Å². The summed E-state index contributed by atoms with van der Waals surface area (Å²) in [6.07, 6.45) is 13.4. The Morgan fingerprint density at radius 1 is 1.00 bits per heavy atom. The second-order valence-electron chi connectivity index (χ2n) is 10.6. The molecule has 5 aromatic heterocycles. The van der Waals surface area contributed by atoms with Crippen molar-refractivity contribution in [1.82, 2.24) is 25.3 Å². The molecule has 0 spiro atoms.